The van der Waals surface area contributed by atoms with Gasteiger partial charge in [-0.2, -0.15) is 4.99 Å². The molecular weight excluding hydrogens is 420 g/mol. The number of benzene rings is 1. The number of guanidine groups is 2. The molecule has 1 aromatic carbocycles. The number of hydrogen-bond donors (Lipinski definition) is 2. The Hall–Kier alpha value is -2.74. The molecule has 1 aliphatic heterocycles. The van der Waals surface area contributed by atoms with Crippen molar-refractivity contribution in [2.24, 2.45) is 21.5 Å². The van der Waals surface area contributed by atoms with Gasteiger partial charge >= 0.3 is 0 Å². The molecule has 4 N–H and O–H groups in total. The number of nitrogens with two attached hydrogens (primary N) is 2. The number of anilines is 1. The Labute approximate surface area is 171 Å². The summed E-state index contributed by atoms with van der Waals surface area (Å²) in [6.45, 7) is 0. The van der Waals surface area contributed by atoms with Crippen molar-refractivity contribution in [3.8, 4) is 0 Å². The predicted molar refractivity (Wildman–Crippen MR) is 113 cm³/mol. The van der Waals surface area contributed by atoms with Crippen LogP contribution in [0.4, 0.5) is 5.69 Å². The largest absolute Gasteiger partial charge is 0.369 e. The summed E-state index contributed by atoms with van der Waals surface area (Å²) in [7, 11) is 0. The molecule has 2 heterocycles. The van der Waals surface area contributed by atoms with Crippen molar-refractivity contribution in [1.82, 2.24) is 4.98 Å². The fourth-order valence-electron chi connectivity index (χ4n) is 3.99. The van der Waals surface area contributed by atoms with Crippen molar-refractivity contribution in [3.05, 3.63) is 58.3 Å². The first-order chi connectivity index (χ1) is 13.5. The van der Waals surface area contributed by atoms with Crippen LogP contribution in [-0.2, 0) is 0 Å². The molecule has 2 aromatic rings. The van der Waals surface area contributed by atoms with Gasteiger partial charge in [0.25, 0.3) is 0 Å². The van der Waals surface area contributed by atoms with Gasteiger partial charge in [-0.1, -0.05) is 28.4 Å². The summed E-state index contributed by atoms with van der Waals surface area (Å²) >= 11 is 3.47. The highest BCUT2D eigenvalue weighted by molar-refractivity contribution is 9.10. The summed E-state index contributed by atoms with van der Waals surface area (Å²) in [5.74, 6) is 0.260. The van der Waals surface area contributed by atoms with Gasteiger partial charge in [0.15, 0.2) is 0 Å². The molecule has 4 rings (SSSR count). The van der Waals surface area contributed by atoms with Gasteiger partial charge < -0.3 is 11.5 Å². The number of carbonyl (C=O) groups is 1. The number of aromatic nitrogens is 1. The molecular formula is C20H21BrN6O. The highest BCUT2D eigenvalue weighted by atomic mass is 79.9. The number of halogens is 1. The highest BCUT2D eigenvalue weighted by Crippen LogP contribution is 2.41. The predicted octanol–water partition coefficient (Wildman–Crippen LogP) is 3.18. The van der Waals surface area contributed by atoms with Crippen molar-refractivity contribution in [3.63, 3.8) is 0 Å². The maximum absolute atomic E-state index is 13.3. The number of hydrogen-bond acceptors (Lipinski definition) is 7. The molecule has 1 fully saturated rings. The minimum absolute atomic E-state index is 0.182. The van der Waals surface area contributed by atoms with E-state index < -0.39 is 5.66 Å². The van der Waals surface area contributed by atoms with Crippen LogP contribution in [0.1, 0.15) is 48.2 Å². The highest BCUT2D eigenvalue weighted by Gasteiger charge is 2.43. The maximum atomic E-state index is 13.3. The first-order valence-electron chi connectivity index (χ1n) is 9.25. The molecule has 8 heteroatoms. The van der Waals surface area contributed by atoms with E-state index in [1.807, 2.05) is 17.0 Å². The molecule has 1 spiro atoms. The van der Waals surface area contributed by atoms with E-state index in [4.69, 9.17) is 16.5 Å². The van der Waals surface area contributed by atoms with Crippen molar-refractivity contribution >= 4 is 39.3 Å². The Morgan fingerprint density at radius 2 is 1.89 bits per heavy atom. The summed E-state index contributed by atoms with van der Waals surface area (Å²) in [4.78, 5) is 28.2. The molecule has 1 saturated carbocycles. The van der Waals surface area contributed by atoms with Crippen LogP contribution in [0, 0.1) is 0 Å². The second kappa shape index (κ2) is 7.35. The van der Waals surface area contributed by atoms with Crippen LogP contribution >= 0.6 is 15.9 Å². The van der Waals surface area contributed by atoms with Crippen LogP contribution in [0.25, 0.3) is 0 Å². The fourth-order valence-corrected chi connectivity index (χ4v) is 4.35. The zero-order chi connectivity index (χ0) is 19.7. The number of rotatable bonds is 3. The number of nitrogens with zero attached hydrogens (tertiary/aromatic N) is 4. The molecule has 0 radical (unpaired) electrons. The topological polar surface area (TPSA) is 110 Å². The van der Waals surface area contributed by atoms with E-state index in [9.17, 15) is 4.79 Å². The normalized spacial score (nSPS) is 18.5. The van der Waals surface area contributed by atoms with Gasteiger partial charge in [0.2, 0.25) is 17.7 Å². The number of pyridine rings is 1. The van der Waals surface area contributed by atoms with Crippen LogP contribution in [0.15, 0.2) is 57.1 Å². The number of ketones is 1. The lowest BCUT2D eigenvalue weighted by Gasteiger charge is -2.46. The Balaban J connectivity index is 1.86. The van der Waals surface area contributed by atoms with Crippen molar-refractivity contribution in [2.75, 3.05) is 4.90 Å². The third kappa shape index (κ3) is 3.28. The molecule has 1 aliphatic carbocycles. The molecule has 2 aliphatic rings. The van der Waals surface area contributed by atoms with Crippen molar-refractivity contribution in [1.29, 1.82) is 0 Å². The second-order valence-corrected chi connectivity index (χ2v) is 7.94. The van der Waals surface area contributed by atoms with Gasteiger partial charge in [0.05, 0.1) is 5.69 Å². The SMILES string of the molecule is NC1=NC2(CCCCC2)N(c2ccc(Br)cc2C(=O)c2ccccn2)C(N)=N1. The molecule has 0 bridgehead atoms. The van der Waals surface area contributed by atoms with E-state index in [0.717, 1.165) is 36.6 Å². The van der Waals surface area contributed by atoms with Crippen LogP contribution in [0.2, 0.25) is 0 Å². The van der Waals surface area contributed by atoms with Gasteiger partial charge in [0.1, 0.15) is 11.4 Å². The summed E-state index contributed by atoms with van der Waals surface area (Å²) in [5.41, 5.74) is 13.2. The van der Waals surface area contributed by atoms with E-state index in [2.05, 4.69) is 25.9 Å². The minimum atomic E-state index is -0.610. The van der Waals surface area contributed by atoms with Gasteiger partial charge in [-0.25, -0.2) is 4.99 Å². The molecule has 0 atom stereocenters. The second-order valence-electron chi connectivity index (χ2n) is 7.02. The fraction of sp³-hybridized carbons (Fsp3) is 0.300. The van der Waals surface area contributed by atoms with E-state index >= 15 is 0 Å². The average molecular weight is 441 g/mol. The van der Waals surface area contributed by atoms with Gasteiger partial charge in [-0.05, 0) is 56.0 Å². The molecule has 0 amide bonds. The molecule has 1 aromatic heterocycles. The average Bonchev–Trinajstić information content (AvgIpc) is 2.69. The van der Waals surface area contributed by atoms with Crippen molar-refractivity contribution < 1.29 is 4.79 Å². The zero-order valence-electron chi connectivity index (χ0n) is 15.3. The van der Waals surface area contributed by atoms with Gasteiger partial charge in [-0.3, -0.25) is 14.7 Å². The smallest absolute Gasteiger partial charge is 0.220 e. The molecule has 7 nitrogen and oxygen atoms in total. The minimum Gasteiger partial charge on any atom is -0.369 e. The summed E-state index contributed by atoms with van der Waals surface area (Å²) in [5, 5.41) is 0. The zero-order valence-corrected chi connectivity index (χ0v) is 16.9. The molecule has 0 unspecified atom stereocenters. The Morgan fingerprint density at radius 1 is 1.11 bits per heavy atom. The van der Waals surface area contributed by atoms with Crippen LogP contribution in [0.3, 0.4) is 0 Å². The lowest BCUT2D eigenvalue weighted by molar-refractivity contribution is 0.103. The van der Waals surface area contributed by atoms with Crippen molar-refractivity contribution in [2.45, 2.75) is 37.8 Å². The van der Waals surface area contributed by atoms with E-state index in [-0.39, 0.29) is 17.7 Å². The van der Waals surface area contributed by atoms with E-state index in [0.29, 0.717) is 16.9 Å². The first-order valence-corrected chi connectivity index (χ1v) is 10.0. The number of carbonyl (C=O) groups excluding carboxylic acids is 1. The lowest BCUT2D eigenvalue weighted by Crippen LogP contribution is -2.58. The Morgan fingerprint density at radius 3 is 2.61 bits per heavy atom. The van der Waals surface area contributed by atoms with Crippen LogP contribution in [-0.4, -0.2) is 28.3 Å². The summed E-state index contributed by atoms with van der Waals surface area (Å²) in [6, 6.07) is 10.8. The molecule has 144 valence electrons. The van der Waals surface area contributed by atoms with E-state index in [1.54, 1.807) is 30.5 Å². The van der Waals surface area contributed by atoms with Crippen LogP contribution in [0.5, 0.6) is 0 Å². The quantitative estimate of drug-likeness (QED) is 0.711. The van der Waals surface area contributed by atoms with E-state index in [1.165, 1.54) is 0 Å². The van der Waals surface area contributed by atoms with Gasteiger partial charge in [0, 0.05) is 16.2 Å². The lowest BCUT2D eigenvalue weighted by atomic mass is 9.86. The molecule has 0 saturated heterocycles. The first kappa shape index (κ1) is 18.6. The third-order valence-electron chi connectivity index (χ3n) is 5.19. The standard InChI is InChI=1S/C20H21BrN6O/c21-13-7-8-16(14(12-13)17(28)15-6-2-5-11-24-15)27-19(23)25-18(22)26-20(27)9-3-1-4-10-20/h2,5-8,11-12H,1,3-4,9-10H2,(H4,22,23,25,26). The maximum Gasteiger partial charge on any atom is 0.220 e. The Bertz CT molecular complexity index is 966. The number of aliphatic imine (C=N–C) groups is 2. The Kier molecular flexibility index (Phi) is 4.89. The third-order valence-corrected chi connectivity index (χ3v) is 5.69. The summed E-state index contributed by atoms with van der Waals surface area (Å²) in [6.07, 6.45) is 6.38. The monoisotopic (exact) mass is 440 g/mol. The molecule has 28 heavy (non-hydrogen) atoms. The van der Waals surface area contributed by atoms with Gasteiger partial charge in [-0.15, -0.1) is 0 Å². The summed E-state index contributed by atoms with van der Waals surface area (Å²) < 4.78 is 0.795. The van der Waals surface area contributed by atoms with Crippen LogP contribution < -0.4 is 16.4 Å².